The van der Waals surface area contributed by atoms with Gasteiger partial charge in [-0.15, -0.1) is 0 Å². The van der Waals surface area contributed by atoms with Gasteiger partial charge in [0.15, 0.2) is 0 Å². The number of aromatic amines is 1. The number of nitrogens with one attached hydrogen (secondary N) is 2. The summed E-state index contributed by atoms with van der Waals surface area (Å²) in [6, 6.07) is 7.81. The van der Waals surface area contributed by atoms with Crippen LogP contribution in [0.25, 0.3) is 0 Å². The fraction of sp³-hybridized carbons (Fsp3) is 0.375. The van der Waals surface area contributed by atoms with Crippen molar-refractivity contribution in [2.24, 2.45) is 0 Å². The predicted octanol–water partition coefficient (Wildman–Crippen LogP) is 2.10. The molecule has 0 spiro atoms. The Kier molecular flexibility index (Phi) is 5.82. The van der Waals surface area contributed by atoms with Crippen molar-refractivity contribution in [3.05, 3.63) is 48.0 Å². The van der Waals surface area contributed by atoms with Gasteiger partial charge in [-0.25, -0.2) is 4.98 Å². The lowest BCUT2D eigenvalue weighted by atomic mass is 10.1. The van der Waals surface area contributed by atoms with Crippen molar-refractivity contribution in [2.75, 3.05) is 13.7 Å². The molecule has 1 aromatic carbocycles. The summed E-state index contributed by atoms with van der Waals surface area (Å²) >= 11 is 0. The van der Waals surface area contributed by atoms with Crippen molar-refractivity contribution in [1.82, 2.24) is 15.3 Å². The van der Waals surface area contributed by atoms with E-state index in [1.807, 2.05) is 30.5 Å². The Morgan fingerprint density at radius 3 is 3.05 bits per heavy atom. The van der Waals surface area contributed by atoms with Gasteiger partial charge in [0.05, 0.1) is 7.11 Å². The van der Waals surface area contributed by atoms with E-state index in [0.717, 1.165) is 36.4 Å². The van der Waals surface area contributed by atoms with Crippen molar-refractivity contribution in [3.8, 4) is 5.75 Å². The first-order valence-electron chi connectivity index (χ1n) is 7.16. The second kappa shape index (κ2) is 8.09. The average molecular weight is 287 g/mol. The summed E-state index contributed by atoms with van der Waals surface area (Å²) in [4.78, 5) is 19.0. The fourth-order valence-corrected chi connectivity index (χ4v) is 2.09. The van der Waals surface area contributed by atoms with E-state index in [9.17, 15) is 4.79 Å². The molecule has 0 atom stereocenters. The Hall–Kier alpha value is -2.30. The Morgan fingerprint density at radius 1 is 1.38 bits per heavy atom. The van der Waals surface area contributed by atoms with Gasteiger partial charge in [-0.1, -0.05) is 12.1 Å². The van der Waals surface area contributed by atoms with Crippen LogP contribution in [-0.2, 0) is 17.6 Å². The molecule has 1 heterocycles. The van der Waals surface area contributed by atoms with E-state index in [4.69, 9.17) is 4.74 Å². The Balaban J connectivity index is 1.62. The Bertz CT molecular complexity index is 552. The third-order valence-electron chi connectivity index (χ3n) is 3.24. The van der Waals surface area contributed by atoms with E-state index in [1.54, 1.807) is 13.3 Å². The molecule has 1 aromatic heterocycles. The molecule has 5 heteroatoms. The second-order valence-corrected chi connectivity index (χ2v) is 4.84. The summed E-state index contributed by atoms with van der Waals surface area (Å²) in [5.74, 6) is 1.87. The number of imidazole rings is 1. The van der Waals surface area contributed by atoms with Gasteiger partial charge in [0.25, 0.3) is 0 Å². The molecule has 1 amide bonds. The van der Waals surface area contributed by atoms with Crippen molar-refractivity contribution in [1.29, 1.82) is 0 Å². The number of aryl methyl sites for hydroxylation is 2. The summed E-state index contributed by atoms with van der Waals surface area (Å²) in [5, 5.41) is 2.93. The van der Waals surface area contributed by atoms with Gasteiger partial charge in [-0.2, -0.15) is 0 Å². The molecule has 0 unspecified atom stereocenters. The molecular formula is C16H21N3O2. The molecule has 0 aliphatic rings. The van der Waals surface area contributed by atoms with Crippen LogP contribution in [0.2, 0.25) is 0 Å². The quantitative estimate of drug-likeness (QED) is 0.731. The number of nitrogens with zero attached hydrogens (tertiary/aromatic N) is 1. The standard InChI is InChI=1S/C16H21N3O2/c1-21-14-5-2-4-13(12-14)7-8-16(20)19-9-3-6-15-17-10-11-18-15/h2,4-5,10-12H,3,6-9H2,1H3,(H,17,18)(H,19,20). The lowest BCUT2D eigenvalue weighted by Crippen LogP contribution is -2.25. The summed E-state index contributed by atoms with van der Waals surface area (Å²) in [5.41, 5.74) is 1.11. The molecule has 112 valence electrons. The number of hydrogen-bond acceptors (Lipinski definition) is 3. The maximum absolute atomic E-state index is 11.8. The van der Waals surface area contributed by atoms with Crippen molar-refractivity contribution >= 4 is 5.91 Å². The first-order valence-corrected chi connectivity index (χ1v) is 7.16. The van der Waals surface area contributed by atoms with Crippen LogP contribution in [0.15, 0.2) is 36.7 Å². The third-order valence-corrected chi connectivity index (χ3v) is 3.24. The number of carbonyl (C=O) groups is 1. The van der Waals surface area contributed by atoms with Crippen LogP contribution in [0.5, 0.6) is 5.75 Å². The molecule has 5 nitrogen and oxygen atoms in total. The summed E-state index contributed by atoms with van der Waals surface area (Å²) < 4.78 is 5.17. The van der Waals surface area contributed by atoms with E-state index in [0.29, 0.717) is 13.0 Å². The smallest absolute Gasteiger partial charge is 0.220 e. The van der Waals surface area contributed by atoms with Gasteiger partial charge in [0.2, 0.25) is 5.91 Å². The minimum absolute atomic E-state index is 0.0808. The van der Waals surface area contributed by atoms with Gasteiger partial charge in [0.1, 0.15) is 11.6 Å². The lowest BCUT2D eigenvalue weighted by Gasteiger charge is -2.06. The zero-order chi connectivity index (χ0) is 14.9. The van der Waals surface area contributed by atoms with E-state index in [-0.39, 0.29) is 5.91 Å². The molecule has 2 N–H and O–H groups in total. The highest BCUT2D eigenvalue weighted by atomic mass is 16.5. The van der Waals surface area contributed by atoms with Gasteiger partial charge in [-0.05, 0) is 30.5 Å². The maximum atomic E-state index is 11.8. The van der Waals surface area contributed by atoms with Crippen molar-refractivity contribution in [2.45, 2.75) is 25.7 Å². The van der Waals surface area contributed by atoms with E-state index in [2.05, 4.69) is 15.3 Å². The molecule has 0 saturated carbocycles. The van der Waals surface area contributed by atoms with Gasteiger partial charge in [0, 0.05) is 31.8 Å². The predicted molar refractivity (Wildman–Crippen MR) is 81.2 cm³/mol. The zero-order valence-electron chi connectivity index (χ0n) is 12.3. The van der Waals surface area contributed by atoms with Gasteiger partial charge < -0.3 is 15.0 Å². The SMILES string of the molecule is COc1cccc(CCC(=O)NCCCc2ncc[nH]2)c1. The largest absolute Gasteiger partial charge is 0.497 e. The van der Waals surface area contributed by atoms with Gasteiger partial charge in [-0.3, -0.25) is 4.79 Å². The molecular weight excluding hydrogens is 266 g/mol. The zero-order valence-corrected chi connectivity index (χ0v) is 12.3. The van der Waals surface area contributed by atoms with Crippen LogP contribution in [0.3, 0.4) is 0 Å². The van der Waals surface area contributed by atoms with Crippen LogP contribution >= 0.6 is 0 Å². The van der Waals surface area contributed by atoms with Crippen molar-refractivity contribution in [3.63, 3.8) is 0 Å². The van der Waals surface area contributed by atoms with E-state index < -0.39 is 0 Å². The number of amides is 1. The molecule has 0 aliphatic carbocycles. The first-order chi connectivity index (χ1) is 10.3. The Morgan fingerprint density at radius 2 is 2.29 bits per heavy atom. The summed E-state index contributed by atoms with van der Waals surface area (Å²) in [7, 11) is 1.64. The minimum Gasteiger partial charge on any atom is -0.497 e. The number of ether oxygens (including phenoxy) is 1. The summed E-state index contributed by atoms with van der Waals surface area (Å²) in [6.07, 6.45) is 6.50. The number of hydrogen-bond donors (Lipinski definition) is 2. The number of methoxy groups -OCH3 is 1. The number of aromatic nitrogens is 2. The molecule has 2 aromatic rings. The molecule has 0 fully saturated rings. The van der Waals surface area contributed by atoms with Gasteiger partial charge >= 0.3 is 0 Å². The number of rotatable bonds is 8. The molecule has 0 aliphatic heterocycles. The molecule has 0 saturated heterocycles. The number of H-pyrrole nitrogens is 1. The highest BCUT2D eigenvalue weighted by molar-refractivity contribution is 5.76. The van der Waals surface area contributed by atoms with Crippen LogP contribution in [0.4, 0.5) is 0 Å². The first kappa shape index (κ1) is 15.1. The molecule has 0 bridgehead atoms. The minimum atomic E-state index is 0.0808. The average Bonchev–Trinajstić information content (AvgIpc) is 3.03. The van der Waals surface area contributed by atoms with Crippen LogP contribution in [0.1, 0.15) is 24.2 Å². The van der Waals surface area contributed by atoms with E-state index >= 15 is 0 Å². The highest BCUT2D eigenvalue weighted by Gasteiger charge is 2.03. The van der Waals surface area contributed by atoms with Crippen LogP contribution in [0, 0.1) is 0 Å². The normalized spacial score (nSPS) is 10.3. The monoisotopic (exact) mass is 287 g/mol. The molecule has 0 radical (unpaired) electrons. The maximum Gasteiger partial charge on any atom is 0.220 e. The Labute approximate surface area is 124 Å². The van der Waals surface area contributed by atoms with E-state index in [1.165, 1.54) is 0 Å². The topological polar surface area (TPSA) is 67.0 Å². The lowest BCUT2D eigenvalue weighted by molar-refractivity contribution is -0.121. The van der Waals surface area contributed by atoms with Crippen LogP contribution in [-0.4, -0.2) is 29.5 Å². The van der Waals surface area contributed by atoms with Crippen LogP contribution < -0.4 is 10.1 Å². The highest BCUT2D eigenvalue weighted by Crippen LogP contribution is 2.13. The molecule has 2 rings (SSSR count). The van der Waals surface area contributed by atoms with Crippen molar-refractivity contribution < 1.29 is 9.53 Å². The molecule has 21 heavy (non-hydrogen) atoms. The fourth-order valence-electron chi connectivity index (χ4n) is 2.09. The number of carbonyl (C=O) groups excluding carboxylic acids is 1. The summed E-state index contributed by atoms with van der Waals surface area (Å²) in [6.45, 7) is 0.678. The number of benzene rings is 1. The third kappa shape index (κ3) is 5.30. The second-order valence-electron chi connectivity index (χ2n) is 4.84.